The number of piperidine rings is 1. The van der Waals surface area contributed by atoms with E-state index in [-0.39, 0.29) is 24.0 Å². The van der Waals surface area contributed by atoms with Crippen LogP contribution in [-0.4, -0.2) is 48.3 Å². The van der Waals surface area contributed by atoms with Gasteiger partial charge in [0.15, 0.2) is 0 Å². The fraction of sp³-hybridized carbons (Fsp3) is 0.579. The fourth-order valence-corrected chi connectivity index (χ4v) is 3.07. The molecule has 0 radical (unpaired) electrons. The molecule has 0 aromatic heterocycles. The van der Waals surface area contributed by atoms with Crippen molar-refractivity contribution in [2.45, 2.75) is 45.3 Å². The Hall–Kier alpha value is -2.08. The van der Waals surface area contributed by atoms with Crippen molar-refractivity contribution >= 4 is 12.0 Å². The second-order valence-electron chi connectivity index (χ2n) is 7.34. The summed E-state index contributed by atoms with van der Waals surface area (Å²) in [5.41, 5.74) is 0.451. The van der Waals surface area contributed by atoms with Gasteiger partial charge in [-0.1, -0.05) is 30.3 Å². The van der Waals surface area contributed by atoms with Gasteiger partial charge in [-0.15, -0.1) is 0 Å². The maximum absolute atomic E-state index is 12.6. The molecule has 6 nitrogen and oxygen atoms in total. The standard InChI is InChI=1S/C19H28N2O4/c1-19(2,3)25-18(23)21-12-11-15(17(22)20(4)24-5)13-16(21)14-9-7-6-8-10-14/h6-10,15-16H,11-13H2,1-5H3. The number of amides is 2. The van der Waals surface area contributed by atoms with Crippen molar-refractivity contribution in [2.75, 3.05) is 20.7 Å². The number of carbonyl (C=O) groups excluding carboxylic acids is 2. The van der Waals surface area contributed by atoms with Crippen molar-refractivity contribution in [3.05, 3.63) is 35.9 Å². The average molecular weight is 348 g/mol. The zero-order valence-corrected chi connectivity index (χ0v) is 15.7. The molecule has 0 aliphatic carbocycles. The first-order valence-electron chi connectivity index (χ1n) is 8.59. The smallest absolute Gasteiger partial charge is 0.410 e. The van der Waals surface area contributed by atoms with Crippen molar-refractivity contribution in [1.29, 1.82) is 0 Å². The molecule has 1 fully saturated rings. The zero-order chi connectivity index (χ0) is 18.6. The molecule has 1 aliphatic heterocycles. The third-order valence-corrected chi connectivity index (χ3v) is 4.35. The largest absolute Gasteiger partial charge is 0.444 e. The van der Waals surface area contributed by atoms with Gasteiger partial charge in [-0.05, 0) is 39.2 Å². The molecule has 25 heavy (non-hydrogen) atoms. The van der Waals surface area contributed by atoms with Crippen molar-refractivity contribution in [3.63, 3.8) is 0 Å². The van der Waals surface area contributed by atoms with E-state index in [1.165, 1.54) is 12.2 Å². The number of hydrogen-bond donors (Lipinski definition) is 0. The molecule has 2 amide bonds. The monoisotopic (exact) mass is 348 g/mol. The van der Waals surface area contributed by atoms with Gasteiger partial charge >= 0.3 is 6.09 Å². The second kappa shape index (κ2) is 7.87. The lowest BCUT2D eigenvalue weighted by Crippen LogP contribution is -2.46. The molecule has 0 bridgehead atoms. The number of nitrogens with zero attached hydrogens (tertiary/aromatic N) is 2. The van der Waals surface area contributed by atoms with Crippen molar-refractivity contribution in [3.8, 4) is 0 Å². The van der Waals surface area contributed by atoms with Crippen molar-refractivity contribution in [2.24, 2.45) is 5.92 Å². The first-order valence-corrected chi connectivity index (χ1v) is 8.59. The van der Waals surface area contributed by atoms with Gasteiger partial charge in [0.05, 0.1) is 13.2 Å². The molecule has 1 aromatic carbocycles. The van der Waals surface area contributed by atoms with Crippen molar-refractivity contribution < 1.29 is 19.2 Å². The highest BCUT2D eigenvalue weighted by atomic mass is 16.7. The van der Waals surface area contributed by atoms with Gasteiger partial charge in [0.1, 0.15) is 5.60 Å². The van der Waals surface area contributed by atoms with Crippen LogP contribution >= 0.6 is 0 Å². The van der Waals surface area contributed by atoms with Gasteiger partial charge in [0.25, 0.3) is 0 Å². The lowest BCUT2D eigenvalue weighted by atomic mass is 9.86. The fourth-order valence-electron chi connectivity index (χ4n) is 3.07. The summed E-state index contributed by atoms with van der Waals surface area (Å²) in [6.45, 7) is 6.03. The Morgan fingerprint density at radius 1 is 1.20 bits per heavy atom. The molecular formula is C19H28N2O4. The van der Waals surface area contributed by atoms with E-state index in [4.69, 9.17) is 9.57 Å². The summed E-state index contributed by atoms with van der Waals surface area (Å²) in [6.07, 6.45) is 0.803. The lowest BCUT2D eigenvalue weighted by Gasteiger charge is -2.40. The van der Waals surface area contributed by atoms with Gasteiger partial charge in [-0.3, -0.25) is 9.63 Å². The highest BCUT2D eigenvalue weighted by molar-refractivity contribution is 5.78. The minimum atomic E-state index is -0.554. The van der Waals surface area contributed by atoms with Crippen LogP contribution in [0.15, 0.2) is 30.3 Å². The number of carbonyl (C=O) groups is 2. The van der Waals surface area contributed by atoms with Crippen LogP contribution in [-0.2, 0) is 14.4 Å². The predicted molar refractivity (Wildman–Crippen MR) is 94.6 cm³/mol. The first-order chi connectivity index (χ1) is 11.7. The van der Waals surface area contributed by atoms with E-state index < -0.39 is 5.60 Å². The van der Waals surface area contributed by atoms with Gasteiger partial charge in [-0.25, -0.2) is 9.86 Å². The molecule has 0 spiro atoms. The van der Waals surface area contributed by atoms with Crippen LogP contribution in [0.3, 0.4) is 0 Å². The number of benzene rings is 1. The molecule has 1 heterocycles. The molecule has 0 N–H and O–H groups in total. The summed E-state index contributed by atoms with van der Waals surface area (Å²) in [6, 6.07) is 9.59. The molecule has 6 heteroatoms. The summed E-state index contributed by atoms with van der Waals surface area (Å²) in [5, 5.41) is 1.26. The third-order valence-electron chi connectivity index (χ3n) is 4.35. The predicted octanol–water partition coefficient (Wildman–Crippen LogP) is 3.39. The summed E-state index contributed by atoms with van der Waals surface area (Å²) < 4.78 is 5.56. The zero-order valence-electron chi connectivity index (χ0n) is 15.7. The molecule has 1 aromatic rings. The van der Waals surface area contributed by atoms with Gasteiger partial charge < -0.3 is 9.64 Å². The Morgan fingerprint density at radius 2 is 1.84 bits per heavy atom. The summed E-state index contributed by atoms with van der Waals surface area (Å²) in [7, 11) is 3.09. The molecule has 1 aliphatic rings. The van der Waals surface area contributed by atoms with Crippen LogP contribution in [0.2, 0.25) is 0 Å². The van der Waals surface area contributed by atoms with Crippen LogP contribution in [0.4, 0.5) is 4.79 Å². The second-order valence-corrected chi connectivity index (χ2v) is 7.34. The average Bonchev–Trinajstić information content (AvgIpc) is 2.59. The van der Waals surface area contributed by atoms with E-state index in [2.05, 4.69) is 0 Å². The highest BCUT2D eigenvalue weighted by Crippen LogP contribution is 2.36. The van der Waals surface area contributed by atoms with E-state index in [1.807, 2.05) is 51.1 Å². The van der Waals surface area contributed by atoms with Gasteiger partial charge in [0, 0.05) is 19.5 Å². The third kappa shape index (κ3) is 4.95. The Balaban J connectivity index is 2.23. The van der Waals surface area contributed by atoms with E-state index in [0.717, 1.165) is 5.56 Å². The highest BCUT2D eigenvalue weighted by Gasteiger charge is 2.38. The minimum absolute atomic E-state index is 0.0627. The summed E-state index contributed by atoms with van der Waals surface area (Å²) in [5.74, 6) is -0.249. The molecule has 138 valence electrons. The maximum atomic E-state index is 12.6. The van der Waals surface area contributed by atoms with E-state index in [1.54, 1.807) is 11.9 Å². The number of ether oxygens (including phenoxy) is 1. The Labute approximate surface area is 149 Å². The number of likely N-dealkylation sites (tertiary alicyclic amines) is 1. The number of rotatable bonds is 3. The topological polar surface area (TPSA) is 59.1 Å². The van der Waals surface area contributed by atoms with Crippen molar-refractivity contribution in [1.82, 2.24) is 9.96 Å². The number of hydroxylamine groups is 2. The quantitative estimate of drug-likeness (QED) is 0.786. The molecule has 0 saturated carbocycles. The Morgan fingerprint density at radius 3 is 2.40 bits per heavy atom. The maximum Gasteiger partial charge on any atom is 0.410 e. The molecule has 2 rings (SSSR count). The summed E-state index contributed by atoms with van der Waals surface area (Å²) >= 11 is 0. The van der Waals surface area contributed by atoms with E-state index in [0.29, 0.717) is 19.4 Å². The van der Waals surface area contributed by atoms with Crippen LogP contribution in [0, 0.1) is 5.92 Å². The van der Waals surface area contributed by atoms with E-state index in [9.17, 15) is 9.59 Å². The Bertz CT molecular complexity index is 597. The van der Waals surface area contributed by atoms with Gasteiger partial charge in [0.2, 0.25) is 5.91 Å². The van der Waals surface area contributed by atoms with Crippen LogP contribution in [0.25, 0.3) is 0 Å². The molecule has 2 atom stereocenters. The van der Waals surface area contributed by atoms with Crippen LogP contribution in [0.5, 0.6) is 0 Å². The SMILES string of the molecule is CON(C)C(=O)C1CCN(C(=O)OC(C)(C)C)C(c2ccccc2)C1. The molecule has 2 unspecified atom stereocenters. The lowest BCUT2D eigenvalue weighted by molar-refractivity contribution is -0.175. The first kappa shape index (κ1) is 19.2. The molecular weight excluding hydrogens is 320 g/mol. The van der Waals surface area contributed by atoms with E-state index >= 15 is 0 Å². The van der Waals surface area contributed by atoms with Crippen LogP contribution < -0.4 is 0 Å². The normalized spacial score (nSPS) is 20.9. The van der Waals surface area contributed by atoms with Gasteiger partial charge in [-0.2, -0.15) is 0 Å². The summed E-state index contributed by atoms with van der Waals surface area (Å²) in [4.78, 5) is 31.9. The minimum Gasteiger partial charge on any atom is -0.444 e. The molecule has 1 saturated heterocycles. The van der Waals surface area contributed by atoms with Crippen LogP contribution in [0.1, 0.15) is 45.2 Å². The Kier molecular flexibility index (Phi) is 6.06. The number of hydrogen-bond acceptors (Lipinski definition) is 4.